The molecule has 0 saturated carbocycles. The number of ether oxygens (including phenoxy) is 1. The highest BCUT2D eigenvalue weighted by atomic mass is 19.4. The summed E-state index contributed by atoms with van der Waals surface area (Å²) in [5, 5.41) is 8.58. The molecular formula is C17H20F3NO4. The number of carbonyl (C=O) groups is 2. The van der Waals surface area contributed by atoms with E-state index in [1.54, 1.807) is 4.90 Å². The normalized spacial score (nSPS) is 18.2. The maximum Gasteiger partial charge on any atom is 0.416 e. The Morgan fingerprint density at radius 1 is 1.16 bits per heavy atom. The molecular weight excluding hydrogens is 339 g/mol. The number of benzene rings is 1. The third-order valence-corrected chi connectivity index (χ3v) is 4.06. The lowest BCUT2D eigenvalue weighted by Crippen LogP contribution is -2.42. The van der Waals surface area contributed by atoms with Crippen molar-refractivity contribution in [2.24, 2.45) is 0 Å². The summed E-state index contributed by atoms with van der Waals surface area (Å²) >= 11 is 0. The number of aliphatic carboxylic acids is 1. The molecule has 1 aromatic carbocycles. The van der Waals surface area contributed by atoms with Gasteiger partial charge in [0.2, 0.25) is 5.91 Å². The van der Waals surface area contributed by atoms with Gasteiger partial charge in [-0.15, -0.1) is 0 Å². The molecule has 0 aromatic heterocycles. The Morgan fingerprint density at radius 3 is 2.40 bits per heavy atom. The van der Waals surface area contributed by atoms with Crippen molar-refractivity contribution in [3.63, 3.8) is 0 Å². The minimum atomic E-state index is -4.39. The summed E-state index contributed by atoms with van der Waals surface area (Å²) in [6.45, 7) is 1.02. The molecule has 1 aliphatic rings. The molecule has 1 fully saturated rings. The van der Waals surface area contributed by atoms with E-state index in [0.717, 1.165) is 12.1 Å². The van der Waals surface area contributed by atoms with Crippen LogP contribution in [0, 0.1) is 0 Å². The Morgan fingerprint density at radius 2 is 1.80 bits per heavy atom. The van der Waals surface area contributed by atoms with E-state index in [2.05, 4.69) is 0 Å². The van der Waals surface area contributed by atoms with E-state index in [4.69, 9.17) is 9.84 Å². The highest BCUT2D eigenvalue weighted by Crippen LogP contribution is 2.31. The first-order chi connectivity index (χ1) is 11.8. The van der Waals surface area contributed by atoms with Gasteiger partial charge >= 0.3 is 12.1 Å². The highest BCUT2D eigenvalue weighted by molar-refractivity contribution is 5.76. The molecule has 0 radical (unpaired) electrons. The van der Waals surface area contributed by atoms with E-state index in [1.807, 2.05) is 0 Å². The molecule has 1 atom stereocenters. The average molecular weight is 359 g/mol. The van der Waals surface area contributed by atoms with Gasteiger partial charge in [0, 0.05) is 19.4 Å². The fourth-order valence-corrected chi connectivity index (χ4v) is 2.67. The number of halogens is 3. The quantitative estimate of drug-likeness (QED) is 0.792. The first-order valence-electron chi connectivity index (χ1n) is 8.05. The molecule has 138 valence electrons. The number of rotatable bonds is 6. The minimum Gasteiger partial charge on any atom is -0.481 e. The summed E-state index contributed by atoms with van der Waals surface area (Å²) < 4.78 is 43.4. The Balaban J connectivity index is 1.89. The number of carboxylic acids is 1. The molecule has 0 aliphatic carbocycles. The van der Waals surface area contributed by atoms with Gasteiger partial charge in [-0.1, -0.05) is 12.1 Å². The molecule has 1 heterocycles. The summed E-state index contributed by atoms with van der Waals surface area (Å²) in [5.41, 5.74) is -0.130. The third-order valence-electron chi connectivity index (χ3n) is 4.06. The van der Waals surface area contributed by atoms with Crippen LogP contribution in [0.25, 0.3) is 0 Å². The number of unbranched alkanes of at least 4 members (excludes halogenated alkanes) is 1. The van der Waals surface area contributed by atoms with Gasteiger partial charge in [0.25, 0.3) is 0 Å². The molecule has 1 aliphatic heterocycles. The molecule has 0 bridgehead atoms. The number of morpholine rings is 1. The summed E-state index contributed by atoms with van der Waals surface area (Å²) in [5.74, 6) is -0.980. The zero-order chi connectivity index (χ0) is 18.4. The average Bonchev–Trinajstić information content (AvgIpc) is 2.58. The molecule has 8 heteroatoms. The van der Waals surface area contributed by atoms with Gasteiger partial charge in [-0.05, 0) is 30.5 Å². The van der Waals surface area contributed by atoms with E-state index in [-0.39, 0.29) is 25.3 Å². The van der Waals surface area contributed by atoms with Crippen LogP contribution < -0.4 is 0 Å². The smallest absolute Gasteiger partial charge is 0.416 e. The van der Waals surface area contributed by atoms with Crippen LogP contribution in [-0.4, -0.2) is 41.6 Å². The zero-order valence-electron chi connectivity index (χ0n) is 13.6. The second-order valence-electron chi connectivity index (χ2n) is 5.92. The number of carbonyl (C=O) groups excluding carboxylic acids is 1. The predicted octanol–water partition coefficient (Wildman–Crippen LogP) is 3.25. The molecule has 1 unspecified atom stereocenters. The molecule has 5 nitrogen and oxygen atoms in total. The summed E-state index contributed by atoms with van der Waals surface area (Å²) in [6.07, 6.45) is -3.62. The number of amides is 1. The SMILES string of the molecule is O=C(O)CCCCC(=O)N1CCOC(c2ccc(C(F)(F)F)cc2)C1. The number of carboxylic acid groups (broad SMARTS) is 1. The van der Waals surface area contributed by atoms with Crippen LogP contribution in [0.4, 0.5) is 13.2 Å². The summed E-state index contributed by atoms with van der Waals surface area (Å²) in [4.78, 5) is 24.2. The van der Waals surface area contributed by atoms with Crippen molar-refractivity contribution in [2.45, 2.75) is 38.0 Å². The molecule has 1 saturated heterocycles. The lowest BCUT2D eigenvalue weighted by molar-refractivity contribution is -0.140. The van der Waals surface area contributed by atoms with Crippen molar-refractivity contribution < 1.29 is 32.6 Å². The first kappa shape index (κ1) is 19.2. The number of hydrogen-bond donors (Lipinski definition) is 1. The molecule has 1 N–H and O–H groups in total. The number of hydrogen-bond acceptors (Lipinski definition) is 3. The maximum absolute atomic E-state index is 12.6. The molecule has 1 amide bonds. The van der Waals surface area contributed by atoms with Crippen LogP contribution >= 0.6 is 0 Å². The van der Waals surface area contributed by atoms with E-state index >= 15 is 0 Å². The van der Waals surface area contributed by atoms with Gasteiger partial charge in [0.05, 0.1) is 18.7 Å². The number of alkyl halides is 3. The highest BCUT2D eigenvalue weighted by Gasteiger charge is 2.31. The van der Waals surface area contributed by atoms with E-state index in [0.29, 0.717) is 31.6 Å². The Kier molecular flexibility index (Phi) is 6.41. The van der Waals surface area contributed by atoms with E-state index in [1.165, 1.54) is 12.1 Å². The van der Waals surface area contributed by atoms with Crippen molar-refractivity contribution in [1.29, 1.82) is 0 Å². The van der Waals surface area contributed by atoms with Gasteiger partial charge in [-0.25, -0.2) is 0 Å². The lowest BCUT2D eigenvalue weighted by Gasteiger charge is -2.33. The second-order valence-corrected chi connectivity index (χ2v) is 5.92. The van der Waals surface area contributed by atoms with Crippen LogP contribution in [0.5, 0.6) is 0 Å². The Labute approximate surface area is 143 Å². The van der Waals surface area contributed by atoms with Crippen molar-refractivity contribution in [2.75, 3.05) is 19.7 Å². The standard InChI is InChI=1S/C17H20F3NO4/c18-17(19,20)13-7-5-12(6-8-13)14-11-21(9-10-25-14)15(22)3-1-2-4-16(23)24/h5-8,14H,1-4,9-11H2,(H,23,24). The monoisotopic (exact) mass is 359 g/mol. The van der Waals surface area contributed by atoms with Gasteiger partial charge in [0.1, 0.15) is 6.10 Å². The molecule has 25 heavy (non-hydrogen) atoms. The van der Waals surface area contributed by atoms with Crippen LogP contribution in [-0.2, 0) is 20.5 Å². The van der Waals surface area contributed by atoms with Crippen LogP contribution in [0.15, 0.2) is 24.3 Å². The lowest BCUT2D eigenvalue weighted by atomic mass is 10.0. The molecule has 2 rings (SSSR count). The maximum atomic E-state index is 12.6. The Hall–Kier alpha value is -2.09. The fourth-order valence-electron chi connectivity index (χ4n) is 2.67. The van der Waals surface area contributed by atoms with Crippen LogP contribution in [0.3, 0.4) is 0 Å². The fraction of sp³-hybridized carbons (Fsp3) is 0.529. The van der Waals surface area contributed by atoms with Crippen molar-refractivity contribution in [1.82, 2.24) is 4.90 Å². The largest absolute Gasteiger partial charge is 0.481 e. The third kappa shape index (κ3) is 5.74. The summed E-state index contributed by atoms with van der Waals surface area (Å²) in [7, 11) is 0. The zero-order valence-corrected chi connectivity index (χ0v) is 13.6. The van der Waals surface area contributed by atoms with Gasteiger partial charge in [-0.2, -0.15) is 13.2 Å². The molecule has 0 spiro atoms. The molecule has 1 aromatic rings. The topological polar surface area (TPSA) is 66.8 Å². The van der Waals surface area contributed by atoms with Crippen LogP contribution in [0.1, 0.15) is 42.9 Å². The Bertz CT molecular complexity index is 601. The van der Waals surface area contributed by atoms with E-state index < -0.39 is 23.8 Å². The van der Waals surface area contributed by atoms with Crippen molar-refractivity contribution in [3.05, 3.63) is 35.4 Å². The number of nitrogens with zero attached hydrogens (tertiary/aromatic N) is 1. The van der Waals surface area contributed by atoms with Crippen molar-refractivity contribution in [3.8, 4) is 0 Å². The second kappa shape index (κ2) is 8.33. The van der Waals surface area contributed by atoms with Crippen LogP contribution in [0.2, 0.25) is 0 Å². The first-order valence-corrected chi connectivity index (χ1v) is 8.05. The van der Waals surface area contributed by atoms with Crippen molar-refractivity contribution >= 4 is 11.9 Å². The minimum absolute atomic E-state index is 0.0323. The van der Waals surface area contributed by atoms with E-state index in [9.17, 15) is 22.8 Å². The van der Waals surface area contributed by atoms with Gasteiger partial charge < -0.3 is 14.7 Å². The predicted molar refractivity (Wildman–Crippen MR) is 82.8 cm³/mol. The van der Waals surface area contributed by atoms with Gasteiger partial charge in [0.15, 0.2) is 0 Å². The summed E-state index contributed by atoms with van der Waals surface area (Å²) in [6, 6.07) is 4.75. The van der Waals surface area contributed by atoms with Gasteiger partial charge in [-0.3, -0.25) is 9.59 Å².